The van der Waals surface area contributed by atoms with Crippen LogP contribution >= 0.6 is 0 Å². The molecule has 1 heterocycles. The predicted molar refractivity (Wildman–Crippen MR) is 73.2 cm³/mol. The van der Waals surface area contributed by atoms with E-state index in [0.717, 1.165) is 21.3 Å². The number of imidazole rings is 1. The molecule has 0 bridgehead atoms. The normalized spacial score (nSPS) is 12.2. The van der Waals surface area contributed by atoms with E-state index in [2.05, 4.69) is 0 Å². The van der Waals surface area contributed by atoms with Gasteiger partial charge in [0.15, 0.2) is 0 Å². The summed E-state index contributed by atoms with van der Waals surface area (Å²) in [5.41, 5.74) is -1.96. The second-order valence-electron chi connectivity index (χ2n) is 4.44. The van der Waals surface area contributed by atoms with Crippen LogP contribution in [-0.2, 0) is 7.05 Å². The number of aromatic nitrogens is 2. The molecule has 2 N–H and O–H groups in total. The Kier molecular flexibility index (Phi) is 3.74. The van der Waals surface area contributed by atoms with Gasteiger partial charge in [0.2, 0.25) is 0 Å². The molecule has 0 unspecified atom stereocenters. The summed E-state index contributed by atoms with van der Waals surface area (Å²) in [6.07, 6.45) is -3.75. The first kappa shape index (κ1) is 15.7. The van der Waals surface area contributed by atoms with Crippen LogP contribution in [0.5, 0.6) is 0 Å². The summed E-state index contributed by atoms with van der Waals surface area (Å²) in [4.78, 5) is 12.0. The molecule has 2 aromatic rings. The Morgan fingerprint density at radius 3 is 2.41 bits per heavy atom. The van der Waals surface area contributed by atoms with Gasteiger partial charge in [-0.2, -0.15) is 13.2 Å². The molecule has 22 heavy (non-hydrogen) atoms. The van der Waals surface area contributed by atoms with E-state index in [1.165, 1.54) is 13.1 Å². The molecule has 0 aliphatic rings. The predicted octanol–water partition coefficient (Wildman–Crippen LogP) is 2.44. The molecule has 5 nitrogen and oxygen atoms in total. The van der Waals surface area contributed by atoms with E-state index in [0.29, 0.717) is 12.2 Å². The standard InChI is InChI=1S/C13H10F4N4O/c1-20-9-6-7(14)2-3-8(9)21(12(20)22)11(19)5-4-10(18)13(15,16)17/h2-6,18-19H,1H3/b5-4-,18-10?,19-11?. The van der Waals surface area contributed by atoms with Crippen LogP contribution in [0, 0.1) is 16.6 Å². The molecule has 0 aliphatic heterocycles. The van der Waals surface area contributed by atoms with Gasteiger partial charge in [0.1, 0.15) is 17.4 Å². The minimum absolute atomic E-state index is 0.182. The van der Waals surface area contributed by atoms with E-state index >= 15 is 0 Å². The first-order chi connectivity index (χ1) is 10.1. The average Bonchev–Trinajstić information content (AvgIpc) is 2.67. The molecule has 0 amide bonds. The van der Waals surface area contributed by atoms with Crippen LogP contribution in [0.25, 0.3) is 11.0 Å². The Morgan fingerprint density at radius 1 is 1.18 bits per heavy atom. The lowest BCUT2D eigenvalue weighted by Gasteiger charge is -2.04. The number of hydrogen-bond acceptors (Lipinski definition) is 3. The fraction of sp³-hybridized carbons (Fsp3) is 0.154. The van der Waals surface area contributed by atoms with Gasteiger partial charge in [-0.25, -0.2) is 13.8 Å². The zero-order valence-electron chi connectivity index (χ0n) is 11.2. The number of rotatable bonds is 2. The Labute approximate surface area is 121 Å². The summed E-state index contributed by atoms with van der Waals surface area (Å²) in [7, 11) is 1.36. The van der Waals surface area contributed by atoms with Crippen LogP contribution < -0.4 is 5.69 Å². The molecule has 116 valence electrons. The zero-order valence-corrected chi connectivity index (χ0v) is 11.2. The monoisotopic (exact) mass is 314 g/mol. The van der Waals surface area contributed by atoms with Gasteiger partial charge in [0, 0.05) is 7.05 Å². The van der Waals surface area contributed by atoms with Crippen molar-refractivity contribution in [1.82, 2.24) is 9.13 Å². The van der Waals surface area contributed by atoms with E-state index in [-0.39, 0.29) is 11.0 Å². The minimum atomic E-state index is -4.83. The molecule has 0 radical (unpaired) electrons. The molecule has 2 rings (SSSR count). The van der Waals surface area contributed by atoms with Gasteiger partial charge in [-0.15, -0.1) is 0 Å². The van der Waals surface area contributed by atoms with E-state index in [1.54, 1.807) is 0 Å². The summed E-state index contributed by atoms with van der Waals surface area (Å²) in [6, 6.07) is 3.42. The van der Waals surface area contributed by atoms with Gasteiger partial charge < -0.3 is 0 Å². The topological polar surface area (TPSA) is 74.6 Å². The number of benzene rings is 1. The number of nitrogens with zero attached hydrogens (tertiary/aromatic N) is 2. The Hall–Kier alpha value is -2.71. The van der Waals surface area contributed by atoms with Crippen molar-refractivity contribution in [3.63, 3.8) is 0 Å². The first-order valence-corrected chi connectivity index (χ1v) is 5.92. The van der Waals surface area contributed by atoms with Crippen molar-refractivity contribution in [3.8, 4) is 0 Å². The lowest BCUT2D eigenvalue weighted by atomic mass is 10.3. The fourth-order valence-corrected chi connectivity index (χ4v) is 1.87. The van der Waals surface area contributed by atoms with Crippen molar-refractivity contribution in [2.24, 2.45) is 7.05 Å². The van der Waals surface area contributed by atoms with E-state index < -0.39 is 29.2 Å². The summed E-state index contributed by atoms with van der Waals surface area (Å²) in [6.45, 7) is 0. The summed E-state index contributed by atoms with van der Waals surface area (Å²) in [5, 5.41) is 14.5. The maximum atomic E-state index is 13.2. The summed E-state index contributed by atoms with van der Waals surface area (Å²) < 4.78 is 51.8. The van der Waals surface area contributed by atoms with Crippen molar-refractivity contribution in [3.05, 3.63) is 46.7 Å². The number of halogens is 4. The molecule has 1 aromatic carbocycles. The van der Waals surface area contributed by atoms with Crippen LogP contribution in [0.1, 0.15) is 0 Å². The highest BCUT2D eigenvalue weighted by Gasteiger charge is 2.32. The number of fused-ring (bicyclic) bond motifs is 1. The maximum Gasteiger partial charge on any atom is 0.432 e. The Balaban J connectivity index is 2.50. The molecule has 9 heteroatoms. The highest BCUT2D eigenvalue weighted by atomic mass is 19.4. The van der Waals surface area contributed by atoms with Crippen LogP contribution in [0.2, 0.25) is 0 Å². The van der Waals surface area contributed by atoms with E-state index in [9.17, 15) is 22.4 Å². The van der Waals surface area contributed by atoms with Gasteiger partial charge in [-0.05, 0) is 30.4 Å². The van der Waals surface area contributed by atoms with Crippen LogP contribution in [-0.4, -0.2) is 26.9 Å². The highest BCUT2D eigenvalue weighted by Crippen LogP contribution is 2.17. The lowest BCUT2D eigenvalue weighted by molar-refractivity contribution is -0.0584. The molecule has 0 saturated carbocycles. The second kappa shape index (κ2) is 5.24. The number of nitrogens with one attached hydrogen (secondary N) is 2. The van der Waals surface area contributed by atoms with Gasteiger partial charge >= 0.3 is 11.9 Å². The van der Waals surface area contributed by atoms with Crippen molar-refractivity contribution in [1.29, 1.82) is 10.8 Å². The van der Waals surface area contributed by atoms with Gasteiger partial charge in [0.25, 0.3) is 0 Å². The Bertz CT molecular complexity index is 857. The van der Waals surface area contributed by atoms with Crippen molar-refractivity contribution in [2.45, 2.75) is 6.18 Å². The van der Waals surface area contributed by atoms with Crippen LogP contribution in [0.15, 0.2) is 35.1 Å². The molecule has 0 atom stereocenters. The molecule has 1 aromatic heterocycles. The number of allylic oxidation sites excluding steroid dienone is 2. The highest BCUT2D eigenvalue weighted by molar-refractivity contribution is 6.05. The van der Waals surface area contributed by atoms with Crippen LogP contribution in [0.4, 0.5) is 17.6 Å². The summed E-state index contributed by atoms with van der Waals surface area (Å²) in [5.74, 6) is -1.14. The first-order valence-electron chi connectivity index (χ1n) is 5.92. The fourth-order valence-electron chi connectivity index (χ4n) is 1.87. The molecular formula is C13H10F4N4O. The van der Waals surface area contributed by atoms with Gasteiger partial charge in [0.05, 0.1) is 11.0 Å². The minimum Gasteiger partial charge on any atom is -0.296 e. The number of hydrogen-bond donors (Lipinski definition) is 2. The third-order valence-corrected chi connectivity index (χ3v) is 2.97. The zero-order chi connectivity index (χ0) is 16.7. The molecule has 0 fully saturated rings. The largest absolute Gasteiger partial charge is 0.432 e. The molecule has 0 saturated heterocycles. The number of alkyl halides is 3. The van der Waals surface area contributed by atoms with E-state index in [4.69, 9.17) is 10.8 Å². The summed E-state index contributed by atoms with van der Waals surface area (Å²) >= 11 is 0. The third-order valence-electron chi connectivity index (χ3n) is 2.97. The van der Waals surface area contributed by atoms with Crippen LogP contribution in [0.3, 0.4) is 0 Å². The SMILES string of the molecule is Cn1c(=O)n(C(=N)/C=C\C(=N)C(F)(F)F)c2ccc(F)cc21. The van der Waals surface area contributed by atoms with Crippen molar-refractivity contribution in [2.75, 3.05) is 0 Å². The van der Waals surface area contributed by atoms with E-state index in [1.807, 2.05) is 0 Å². The molecule has 0 aliphatic carbocycles. The lowest BCUT2D eigenvalue weighted by Crippen LogP contribution is -2.27. The maximum absolute atomic E-state index is 13.2. The van der Waals surface area contributed by atoms with Crippen molar-refractivity contribution >= 4 is 22.6 Å². The molecule has 0 spiro atoms. The van der Waals surface area contributed by atoms with Gasteiger partial charge in [-0.3, -0.25) is 15.4 Å². The second-order valence-corrected chi connectivity index (χ2v) is 4.44. The quantitative estimate of drug-likeness (QED) is 0.499. The Morgan fingerprint density at radius 2 is 1.82 bits per heavy atom. The molecular weight excluding hydrogens is 304 g/mol. The third kappa shape index (κ3) is 2.69. The number of aryl methyl sites for hydroxylation is 1. The van der Waals surface area contributed by atoms with Crippen molar-refractivity contribution < 1.29 is 17.6 Å². The smallest absolute Gasteiger partial charge is 0.296 e. The van der Waals surface area contributed by atoms with Gasteiger partial charge in [-0.1, -0.05) is 0 Å². The average molecular weight is 314 g/mol.